The average molecular weight is 558 g/mol. The molecule has 2 aliphatic heterocycles. The molecular formula is C27H39N7O6. The van der Waals surface area contributed by atoms with Gasteiger partial charge in [-0.3, -0.25) is 10.3 Å². The van der Waals surface area contributed by atoms with Gasteiger partial charge in [0.15, 0.2) is 6.10 Å². The second kappa shape index (κ2) is 14.4. The maximum atomic E-state index is 11.8. The van der Waals surface area contributed by atoms with Crippen molar-refractivity contribution in [3.05, 3.63) is 35.5 Å². The number of amides is 1. The number of carboxylic acids is 2. The van der Waals surface area contributed by atoms with Gasteiger partial charge in [-0.15, -0.1) is 0 Å². The number of aliphatic carboxylic acids is 2. The fourth-order valence-corrected chi connectivity index (χ4v) is 4.55. The molecule has 0 bridgehead atoms. The predicted octanol–water partition coefficient (Wildman–Crippen LogP) is 2.21. The monoisotopic (exact) mass is 557 g/mol. The molecule has 0 aliphatic carbocycles. The highest BCUT2D eigenvalue weighted by Crippen LogP contribution is 2.30. The highest BCUT2D eigenvalue weighted by molar-refractivity contribution is 6.04. The Kier molecular flexibility index (Phi) is 11.0. The van der Waals surface area contributed by atoms with E-state index in [1.54, 1.807) is 6.92 Å². The topological polar surface area (TPSA) is 178 Å². The van der Waals surface area contributed by atoms with Gasteiger partial charge in [0, 0.05) is 37.8 Å². The van der Waals surface area contributed by atoms with Crippen molar-refractivity contribution >= 4 is 35.5 Å². The second-order valence-electron chi connectivity index (χ2n) is 9.99. The molecule has 1 amide bonds. The summed E-state index contributed by atoms with van der Waals surface area (Å²) in [6, 6.07) is 3.03. The molecule has 1 aromatic rings. The van der Waals surface area contributed by atoms with Gasteiger partial charge in [-0.2, -0.15) is 0 Å². The normalized spacial score (nSPS) is 17.7. The molecule has 218 valence electrons. The van der Waals surface area contributed by atoms with Crippen molar-refractivity contribution in [1.82, 2.24) is 20.5 Å². The molecule has 5 N–H and O–H groups in total. The number of rotatable bonds is 10. The van der Waals surface area contributed by atoms with Gasteiger partial charge < -0.3 is 30.5 Å². The van der Waals surface area contributed by atoms with E-state index >= 15 is 0 Å². The van der Waals surface area contributed by atoms with Crippen LogP contribution in [0.4, 0.5) is 10.6 Å². The third-order valence-corrected chi connectivity index (χ3v) is 6.77. The summed E-state index contributed by atoms with van der Waals surface area (Å²) in [6.45, 7) is 11.4. The van der Waals surface area contributed by atoms with Crippen LogP contribution in [-0.2, 0) is 20.7 Å². The Morgan fingerprint density at radius 2 is 1.95 bits per heavy atom. The summed E-state index contributed by atoms with van der Waals surface area (Å²) < 4.78 is 4.61. The van der Waals surface area contributed by atoms with Gasteiger partial charge in [0.25, 0.3) is 0 Å². The summed E-state index contributed by atoms with van der Waals surface area (Å²) >= 11 is 0. The number of hydrogen-bond acceptors (Lipinski definition) is 8. The number of nitrogens with zero attached hydrogens (tertiary/aromatic N) is 4. The van der Waals surface area contributed by atoms with Crippen molar-refractivity contribution in [2.24, 2.45) is 9.98 Å². The maximum absolute atomic E-state index is 11.8. The third-order valence-electron chi connectivity index (χ3n) is 6.77. The molecule has 0 spiro atoms. The first-order chi connectivity index (χ1) is 19.0. The summed E-state index contributed by atoms with van der Waals surface area (Å²) in [5, 5.41) is 26.5. The first kappa shape index (κ1) is 30.5. The summed E-state index contributed by atoms with van der Waals surface area (Å²) in [4.78, 5) is 50.1. The molecule has 0 unspecified atom stereocenters. The lowest BCUT2D eigenvalue weighted by atomic mass is 9.92. The molecule has 0 aromatic carbocycles. The third kappa shape index (κ3) is 8.76. The van der Waals surface area contributed by atoms with Gasteiger partial charge in [0.2, 0.25) is 0 Å². The number of carbonyl (C=O) groups is 3. The fraction of sp³-hybridized carbons (Fsp3) is 0.556. The molecule has 1 fully saturated rings. The van der Waals surface area contributed by atoms with Crippen LogP contribution in [0.3, 0.4) is 0 Å². The Morgan fingerprint density at radius 1 is 1.23 bits per heavy atom. The first-order valence-corrected chi connectivity index (χ1v) is 13.4. The van der Waals surface area contributed by atoms with E-state index in [-0.39, 0.29) is 13.2 Å². The van der Waals surface area contributed by atoms with Crippen LogP contribution in [0, 0.1) is 0 Å². The Balaban J connectivity index is 1.51. The van der Waals surface area contributed by atoms with Crippen molar-refractivity contribution in [2.75, 3.05) is 38.2 Å². The molecule has 0 radical (unpaired) electrons. The number of piperidine rings is 1. The number of fused-ring (bicyclic) bond motifs is 1. The van der Waals surface area contributed by atoms with Crippen LogP contribution in [0.15, 0.2) is 34.3 Å². The lowest BCUT2D eigenvalue weighted by Gasteiger charge is -2.34. The molecular weight excluding hydrogens is 518 g/mol. The van der Waals surface area contributed by atoms with E-state index in [2.05, 4.69) is 54.3 Å². The van der Waals surface area contributed by atoms with Gasteiger partial charge in [-0.25, -0.2) is 24.4 Å². The Bertz CT molecular complexity index is 1160. The highest BCUT2D eigenvalue weighted by atomic mass is 16.6. The van der Waals surface area contributed by atoms with Crippen LogP contribution in [0.5, 0.6) is 0 Å². The Hall–Kier alpha value is -4.00. The van der Waals surface area contributed by atoms with Crippen molar-refractivity contribution in [2.45, 2.75) is 64.5 Å². The van der Waals surface area contributed by atoms with Crippen LogP contribution in [0.1, 0.15) is 57.2 Å². The fourth-order valence-electron chi connectivity index (χ4n) is 4.55. The van der Waals surface area contributed by atoms with E-state index < -0.39 is 30.2 Å². The molecule has 1 aromatic heterocycles. The number of aliphatic imine (C=N–C) groups is 2. The molecule has 2 atom stereocenters. The van der Waals surface area contributed by atoms with E-state index in [1.165, 1.54) is 12.5 Å². The summed E-state index contributed by atoms with van der Waals surface area (Å²) in [7, 11) is 0. The number of anilines is 1. The van der Waals surface area contributed by atoms with Crippen LogP contribution in [0.2, 0.25) is 0 Å². The van der Waals surface area contributed by atoms with Gasteiger partial charge in [0.1, 0.15) is 23.5 Å². The molecule has 40 heavy (non-hydrogen) atoms. The van der Waals surface area contributed by atoms with Crippen molar-refractivity contribution in [3.63, 3.8) is 0 Å². The standard InChI is InChI=1S/C27H39N7O6/c1-16(2)24(34-12-9-19(10-13-34)21-8-7-20-6-5-11-29-23(20)32-21)31-18(4)30-15-28-14-22(26(37)38)33-27(39)40-17(3)25(35)36/h7-8,17,19,22,28H,1,5-6,9-15H2,2-4H3,(H,29,32)(H,33,39)(H,35,36)(H,37,38)/t17-,22-/m0/s1. The zero-order valence-electron chi connectivity index (χ0n) is 23.3. The van der Waals surface area contributed by atoms with Crippen LogP contribution in [0.25, 0.3) is 0 Å². The number of nitrogens with one attached hydrogen (secondary N) is 3. The minimum Gasteiger partial charge on any atom is -0.480 e. The minimum atomic E-state index is -1.40. The maximum Gasteiger partial charge on any atom is 0.408 e. The van der Waals surface area contributed by atoms with E-state index in [1.807, 2.05) is 6.92 Å². The van der Waals surface area contributed by atoms with E-state index in [0.29, 0.717) is 11.8 Å². The van der Waals surface area contributed by atoms with Crippen LogP contribution < -0.4 is 16.0 Å². The number of amidine groups is 2. The number of ether oxygens (including phenoxy) is 1. The molecule has 3 heterocycles. The molecule has 1 saturated heterocycles. The number of hydrogen-bond donors (Lipinski definition) is 5. The van der Waals surface area contributed by atoms with E-state index in [0.717, 1.165) is 68.2 Å². The number of aryl methyl sites for hydroxylation is 1. The van der Waals surface area contributed by atoms with Gasteiger partial charge in [0.05, 0.1) is 6.67 Å². The van der Waals surface area contributed by atoms with Gasteiger partial charge in [-0.05, 0) is 63.7 Å². The molecule has 2 aliphatic rings. The average Bonchev–Trinajstić information content (AvgIpc) is 2.92. The van der Waals surface area contributed by atoms with Gasteiger partial charge in [-0.1, -0.05) is 12.6 Å². The molecule has 3 rings (SSSR count). The number of pyridine rings is 1. The van der Waals surface area contributed by atoms with Crippen molar-refractivity contribution in [3.8, 4) is 0 Å². The summed E-state index contributed by atoms with van der Waals surface area (Å²) in [5.41, 5.74) is 3.24. The van der Waals surface area contributed by atoms with E-state index in [9.17, 15) is 19.5 Å². The summed E-state index contributed by atoms with van der Waals surface area (Å²) in [5.74, 6) is 0.0173. The Labute approximate surface area is 233 Å². The van der Waals surface area contributed by atoms with Gasteiger partial charge >= 0.3 is 18.0 Å². The number of likely N-dealkylation sites (tertiary alicyclic amines) is 1. The smallest absolute Gasteiger partial charge is 0.408 e. The zero-order chi connectivity index (χ0) is 29.2. The predicted molar refractivity (Wildman–Crippen MR) is 151 cm³/mol. The van der Waals surface area contributed by atoms with Crippen LogP contribution in [-0.4, -0.2) is 94.8 Å². The highest BCUT2D eigenvalue weighted by Gasteiger charge is 2.26. The van der Waals surface area contributed by atoms with Crippen molar-refractivity contribution < 1.29 is 29.3 Å². The molecule has 0 saturated carbocycles. The Morgan fingerprint density at radius 3 is 2.60 bits per heavy atom. The van der Waals surface area contributed by atoms with E-state index in [4.69, 9.17) is 10.1 Å². The second-order valence-corrected chi connectivity index (χ2v) is 9.99. The summed E-state index contributed by atoms with van der Waals surface area (Å²) in [6.07, 6.45) is 1.57. The lowest BCUT2D eigenvalue weighted by Crippen LogP contribution is -2.48. The van der Waals surface area contributed by atoms with Crippen molar-refractivity contribution in [1.29, 1.82) is 0 Å². The zero-order valence-corrected chi connectivity index (χ0v) is 23.3. The number of carbonyl (C=O) groups excluding carboxylic acids is 1. The quantitative estimate of drug-likeness (QED) is 0.163. The molecule has 13 heteroatoms. The SMILES string of the molecule is C=C(C)C(=NC(C)=NCNC[C@H](NC(=O)O[C@@H](C)C(=O)O)C(=O)O)N1CCC(c2ccc3c(n2)NCCC3)CC1. The largest absolute Gasteiger partial charge is 0.480 e. The van der Waals surface area contributed by atoms with Crippen LogP contribution >= 0.6 is 0 Å². The first-order valence-electron chi connectivity index (χ1n) is 13.4. The number of alkyl carbamates (subject to hydrolysis) is 1. The lowest BCUT2D eigenvalue weighted by molar-refractivity contribution is -0.145. The molecule has 13 nitrogen and oxygen atoms in total. The number of aromatic nitrogens is 1. The minimum absolute atomic E-state index is 0.0605. The number of carboxylic acid groups (broad SMARTS) is 2.